The van der Waals surface area contributed by atoms with E-state index < -0.39 is 41.9 Å². The lowest BCUT2D eigenvalue weighted by Gasteiger charge is -2.18. The maximum absolute atomic E-state index is 14.4. The predicted molar refractivity (Wildman–Crippen MR) is 101 cm³/mol. The summed E-state index contributed by atoms with van der Waals surface area (Å²) in [6, 6.07) is 9.05. The Morgan fingerprint density at radius 2 is 1.90 bits per heavy atom. The van der Waals surface area contributed by atoms with Gasteiger partial charge in [0.05, 0.1) is 19.6 Å². The minimum absolute atomic E-state index is 0.0655. The number of carboxylic acids is 1. The number of aromatic nitrogens is 2. The van der Waals surface area contributed by atoms with Gasteiger partial charge in [-0.25, -0.2) is 8.78 Å². The third-order valence-electron chi connectivity index (χ3n) is 4.27. The van der Waals surface area contributed by atoms with Crippen LogP contribution in [0.3, 0.4) is 0 Å². The Morgan fingerprint density at radius 3 is 2.53 bits per heavy atom. The average Bonchev–Trinajstić information content (AvgIpc) is 3.09. The van der Waals surface area contributed by atoms with Crippen molar-refractivity contribution in [3.8, 4) is 17.3 Å². The van der Waals surface area contributed by atoms with Gasteiger partial charge < -0.3 is 20.3 Å². The predicted octanol–water partition coefficient (Wildman–Crippen LogP) is 2.81. The normalized spacial score (nSPS) is 11.7. The van der Waals surface area contributed by atoms with Crippen LogP contribution in [0.4, 0.5) is 8.78 Å². The Kier molecular flexibility index (Phi) is 5.95. The molecule has 30 heavy (non-hydrogen) atoms. The van der Waals surface area contributed by atoms with Crippen LogP contribution in [0.2, 0.25) is 0 Å². The highest BCUT2D eigenvalue weighted by Crippen LogP contribution is 2.25. The zero-order valence-electron chi connectivity index (χ0n) is 15.7. The maximum Gasteiger partial charge on any atom is 0.305 e. The largest absolute Gasteiger partial charge is 0.497 e. The summed E-state index contributed by atoms with van der Waals surface area (Å²) in [5.74, 6) is -3.86. The van der Waals surface area contributed by atoms with Crippen molar-refractivity contribution in [3.63, 3.8) is 0 Å². The minimum Gasteiger partial charge on any atom is -0.497 e. The molecule has 0 bridgehead atoms. The van der Waals surface area contributed by atoms with E-state index in [0.717, 1.165) is 22.9 Å². The first kappa shape index (κ1) is 20.8. The molecule has 2 aromatic carbocycles. The van der Waals surface area contributed by atoms with Crippen LogP contribution >= 0.6 is 0 Å². The van der Waals surface area contributed by atoms with E-state index in [4.69, 9.17) is 9.84 Å². The second-order valence-corrected chi connectivity index (χ2v) is 6.26. The zero-order chi connectivity index (χ0) is 21.8. The van der Waals surface area contributed by atoms with Gasteiger partial charge >= 0.3 is 5.97 Å². The second kappa shape index (κ2) is 8.60. The van der Waals surface area contributed by atoms with Crippen LogP contribution in [0.15, 0.2) is 48.5 Å². The molecule has 0 spiro atoms. The van der Waals surface area contributed by atoms with Crippen molar-refractivity contribution in [2.75, 3.05) is 7.11 Å². The van der Waals surface area contributed by atoms with Gasteiger partial charge in [0, 0.05) is 17.7 Å². The number of para-hydroxylation sites is 1. The average molecular weight is 417 g/mol. The molecule has 8 nitrogen and oxygen atoms in total. The zero-order valence-corrected chi connectivity index (χ0v) is 15.7. The summed E-state index contributed by atoms with van der Waals surface area (Å²) in [6.07, 6.45) is -0.602. The number of hydrogen-bond acceptors (Lipinski definition) is 5. The van der Waals surface area contributed by atoms with Crippen molar-refractivity contribution < 1.29 is 33.3 Å². The number of carbonyl (C=O) groups is 2. The summed E-state index contributed by atoms with van der Waals surface area (Å²) in [4.78, 5) is 23.8. The van der Waals surface area contributed by atoms with Crippen LogP contribution in [-0.4, -0.2) is 39.0 Å². The van der Waals surface area contributed by atoms with E-state index in [1.165, 1.54) is 37.4 Å². The van der Waals surface area contributed by atoms with Crippen molar-refractivity contribution in [1.82, 2.24) is 15.1 Å². The van der Waals surface area contributed by atoms with Gasteiger partial charge in [0.1, 0.15) is 23.1 Å². The first-order valence-corrected chi connectivity index (χ1v) is 8.70. The highest BCUT2D eigenvalue weighted by Gasteiger charge is 2.24. The van der Waals surface area contributed by atoms with Gasteiger partial charge in [-0.2, -0.15) is 9.78 Å². The Bertz CT molecular complexity index is 1100. The summed E-state index contributed by atoms with van der Waals surface area (Å²) in [5, 5.41) is 25.4. The smallest absolute Gasteiger partial charge is 0.305 e. The lowest BCUT2D eigenvalue weighted by atomic mass is 10.0. The van der Waals surface area contributed by atoms with Gasteiger partial charge in [-0.15, -0.1) is 0 Å². The van der Waals surface area contributed by atoms with E-state index in [2.05, 4.69) is 10.4 Å². The van der Waals surface area contributed by atoms with Crippen molar-refractivity contribution >= 4 is 11.9 Å². The minimum atomic E-state index is -1.27. The van der Waals surface area contributed by atoms with Crippen LogP contribution in [0.25, 0.3) is 5.69 Å². The number of methoxy groups -OCH3 is 1. The van der Waals surface area contributed by atoms with Gasteiger partial charge in [-0.3, -0.25) is 9.59 Å². The standard InChI is InChI=1S/C20H17F2N3O5/c1-30-11-6-7-12(14(22)8-11)15(10-19(27)28)23-20(29)16-9-18(26)25(24-16)17-5-3-2-4-13(17)21/h2-9,15,26H,10H2,1H3,(H,23,29)(H,27,28). The number of rotatable bonds is 7. The molecule has 1 aromatic heterocycles. The van der Waals surface area contributed by atoms with Crippen LogP contribution in [-0.2, 0) is 4.79 Å². The molecule has 10 heteroatoms. The van der Waals surface area contributed by atoms with Crippen LogP contribution < -0.4 is 10.1 Å². The fourth-order valence-corrected chi connectivity index (χ4v) is 2.85. The molecule has 0 aliphatic heterocycles. The first-order valence-electron chi connectivity index (χ1n) is 8.70. The van der Waals surface area contributed by atoms with E-state index in [0.29, 0.717) is 0 Å². The molecular formula is C20H17F2N3O5. The number of ether oxygens (including phenoxy) is 1. The second-order valence-electron chi connectivity index (χ2n) is 6.26. The number of aromatic hydroxyl groups is 1. The Balaban J connectivity index is 1.89. The number of nitrogens with one attached hydrogen (secondary N) is 1. The molecule has 3 rings (SSSR count). The number of carboxylic acid groups (broad SMARTS) is 1. The van der Waals surface area contributed by atoms with Crippen LogP contribution in [0.5, 0.6) is 11.6 Å². The molecule has 1 heterocycles. The number of hydrogen-bond donors (Lipinski definition) is 3. The monoisotopic (exact) mass is 417 g/mol. The number of amides is 1. The third kappa shape index (κ3) is 4.37. The number of halogens is 2. The fourth-order valence-electron chi connectivity index (χ4n) is 2.85. The molecule has 1 amide bonds. The summed E-state index contributed by atoms with van der Waals surface area (Å²) in [7, 11) is 1.35. The molecule has 0 fully saturated rings. The molecule has 0 saturated carbocycles. The molecule has 0 aliphatic rings. The topological polar surface area (TPSA) is 114 Å². The van der Waals surface area contributed by atoms with Crippen molar-refractivity contribution in [2.45, 2.75) is 12.5 Å². The molecule has 0 aliphatic carbocycles. The molecule has 1 atom stereocenters. The summed E-state index contributed by atoms with van der Waals surface area (Å²) < 4.78 is 34.1. The Morgan fingerprint density at radius 1 is 1.17 bits per heavy atom. The molecule has 1 unspecified atom stereocenters. The van der Waals surface area contributed by atoms with E-state index in [9.17, 15) is 23.5 Å². The highest BCUT2D eigenvalue weighted by atomic mass is 19.1. The Hall–Kier alpha value is -3.95. The molecule has 0 saturated heterocycles. The summed E-state index contributed by atoms with van der Waals surface area (Å²) in [6.45, 7) is 0. The van der Waals surface area contributed by atoms with E-state index in [1.807, 2.05) is 0 Å². The van der Waals surface area contributed by atoms with Gasteiger partial charge in [-0.05, 0) is 18.2 Å². The quantitative estimate of drug-likeness (QED) is 0.545. The number of aliphatic carboxylic acids is 1. The van der Waals surface area contributed by atoms with Gasteiger partial charge in [0.15, 0.2) is 5.69 Å². The van der Waals surface area contributed by atoms with Crippen LogP contribution in [0.1, 0.15) is 28.5 Å². The first-order chi connectivity index (χ1) is 14.3. The maximum atomic E-state index is 14.4. The van der Waals surface area contributed by atoms with Crippen LogP contribution in [0, 0.1) is 11.6 Å². The lowest BCUT2D eigenvalue weighted by Crippen LogP contribution is -2.31. The molecule has 0 radical (unpaired) electrons. The highest BCUT2D eigenvalue weighted by molar-refractivity contribution is 5.93. The Labute approximate surface area is 169 Å². The van der Waals surface area contributed by atoms with Crippen molar-refractivity contribution in [3.05, 3.63) is 71.4 Å². The SMILES string of the molecule is COc1ccc(C(CC(=O)O)NC(=O)c2cc(O)n(-c3ccccc3F)n2)c(F)c1. The van der Waals surface area contributed by atoms with Crippen molar-refractivity contribution in [1.29, 1.82) is 0 Å². The molecule has 3 N–H and O–H groups in total. The molecule has 3 aromatic rings. The van der Waals surface area contributed by atoms with Gasteiger partial charge in [0.2, 0.25) is 5.88 Å². The van der Waals surface area contributed by atoms with E-state index >= 15 is 0 Å². The van der Waals surface area contributed by atoms with Crippen molar-refractivity contribution in [2.24, 2.45) is 0 Å². The van der Waals surface area contributed by atoms with Gasteiger partial charge in [-0.1, -0.05) is 18.2 Å². The summed E-state index contributed by atoms with van der Waals surface area (Å²) in [5.41, 5.74) is -0.457. The third-order valence-corrected chi connectivity index (χ3v) is 4.27. The molecular weight excluding hydrogens is 400 g/mol. The fraction of sp³-hybridized carbons (Fsp3) is 0.150. The van der Waals surface area contributed by atoms with E-state index in [1.54, 1.807) is 0 Å². The molecule has 156 valence electrons. The van der Waals surface area contributed by atoms with Gasteiger partial charge in [0.25, 0.3) is 5.91 Å². The number of carbonyl (C=O) groups excluding carboxylic acids is 1. The number of nitrogens with zero attached hydrogens (tertiary/aromatic N) is 2. The lowest BCUT2D eigenvalue weighted by molar-refractivity contribution is -0.137. The number of benzene rings is 2. The van der Waals surface area contributed by atoms with E-state index in [-0.39, 0.29) is 22.7 Å². The summed E-state index contributed by atoms with van der Waals surface area (Å²) >= 11 is 0.